The summed E-state index contributed by atoms with van der Waals surface area (Å²) in [5.74, 6) is -0.425. The van der Waals surface area contributed by atoms with Gasteiger partial charge in [-0.1, -0.05) is 15.9 Å². The summed E-state index contributed by atoms with van der Waals surface area (Å²) in [6.07, 6.45) is 0. The maximum absolute atomic E-state index is 11.7. The molecule has 2 amide bonds. The normalized spacial score (nSPS) is 10.8. The number of benzene rings is 1. The second-order valence-corrected chi connectivity index (χ2v) is 5.55. The number of methoxy groups -OCH3 is 1. The number of halogens is 1. The zero-order valence-electron chi connectivity index (χ0n) is 11.5. The van der Waals surface area contributed by atoms with E-state index in [1.807, 2.05) is 6.07 Å². The molecule has 0 saturated carbocycles. The van der Waals surface area contributed by atoms with Crippen molar-refractivity contribution in [3.05, 3.63) is 28.2 Å². The predicted octanol–water partition coefficient (Wildman–Crippen LogP) is 2.12. The predicted molar refractivity (Wildman–Crippen MR) is 77.8 cm³/mol. The third-order valence-corrected chi connectivity index (χ3v) is 3.43. The molecule has 1 aromatic rings. The highest BCUT2D eigenvalue weighted by Gasteiger charge is 2.28. The van der Waals surface area contributed by atoms with Gasteiger partial charge in [0.05, 0.1) is 7.11 Å². The molecule has 0 heterocycles. The lowest BCUT2D eigenvalue weighted by atomic mass is 10.1. The Balaban J connectivity index is 2.63. The molecule has 0 bridgehead atoms. The van der Waals surface area contributed by atoms with Crippen molar-refractivity contribution in [2.75, 3.05) is 7.11 Å². The van der Waals surface area contributed by atoms with Crippen molar-refractivity contribution in [3.8, 4) is 5.75 Å². The zero-order chi connectivity index (χ0) is 15.3. The minimum Gasteiger partial charge on any atom is -0.497 e. The Kier molecular flexibility index (Phi) is 5.38. The third kappa shape index (κ3) is 4.41. The van der Waals surface area contributed by atoms with Crippen molar-refractivity contribution in [1.29, 1.82) is 0 Å². The van der Waals surface area contributed by atoms with Gasteiger partial charge in [-0.3, -0.25) is 0 Å². The molecule has 0 unspecified atom stereocenters. The second kappa shape index (κ2) is 6.60. The number of carboxylic acid groups (broad SMARTS) is 1. The van der Waals surface area contributed by atoms with Crippen LogP contribution in [0.3, 0.4) is 0 Å². The first-order valence-corrected chi connectivity index (χ1v) is 6.67. The average molecular weight is 345 g/mol. The lowest BCUT2D eigenvalue weighted by molar-refractivity contribution is -0.142. The fourth-order valence-corrected chi connectivity index (χ4v) is 1.76. The van der Waals surface area contributed by atoms with Crippen molar-refractivity contribution in [2.45, 2.75) is 25.9 Å². The number of urea groups is 1. The van der Waals surface area contributed by atoms with Crippen LogP contribution in [0.25, 0.3) is 0 Å². The molecule has 0 fully saturated rings. The standard InChI is InChI=1S/C13H17BrN2O4/c1-13(2,11(17)18)16-12(19)15-7-8-6-9(20-3)4-5-10(8)14/h4-6H,7H2,1-3H3,(H,17,18)(H2,15,16,19). The molecule has 7 heteroatoms. The van der Waals surface area contributed by atoms with Crippen LogP contribution in [0.2, 0.25) is 0 Å². The number of carbonyl (C=O) groups is 2. The summed E-state index contributed by atoms with van der Waals surface area (Å²) in [7, 11) is 1.56. The first kappa shape index (κ1) is 16.3. The van der Waals surface area contributed by atoms with E-state index in [1.165, 1.54) is 13.8 Å². The Morgan fingerprint density at radius 1 is 1.40 bits per heavy atom. The van der Waals surface area contributed by atoms with Gasteiger partial charge < -0.3 is 20.5 Å². The van der Waals surface area contributed by atoms with Gasteiger partial charge >= 0.3 is 12.0 Å². The Bertz CT molecular complexity index is 517. The molecule has 3 N–H and O–H groups in total. The summed E-state index contributed by atoms with van der Waals surface area (Å²) in [4.78, 5) is 22.6. The largest absolute Gasteiger partial charge is 0.497 e. The van der Waals surface area contributed by atoms with Crippen LogP contribution in [-0.2, 0) is 11.3 Å². The molecule has 110 valence electrons. The summed E-state index contributed by atoms with van der Waals surface area (Å²) in [5, 5.41) is 13.9. The van der Waals surface area contributed by atoms with E-state index in [4.69, 9.17) is 9.84 Å². The highest BCUT2D eigenvalue weighted by atomic mass is 79.9. The van der Waals surface area contributed by atoms with Crippen LogP contribution in [0.15, 0.2) is 22.7 Å². The molecule has 6 nitrogen and oxygen atoms in total. The van der Waals surface area contributed by atoms with Gasteiger partial charge in [-0.25, -0.2) is 9.59 Å². The molecule has 0 aliphatic heterocycles. The maximum Gasteiger partial charge on any atom is 0.328 e. The van der Waals surface area contributed by atoms with E-state index in [9.17, 15) is 9.59 Å². The fraction of sp³-hybridized carbons (Fsp3) is 0.385. The van der Waals surface area contributed by atoms with Crippen LogP contribution in [0.4, 0.5) is 4.79 Å². The second-order valence-electron chi connectivity index (χ2n) is 4.70. The number of carboxylic acids is 1. The van der Waals surface area contributed by atoms with Crippen LogP contribution >= 0.6 is 15.9 Å². The van der Waals surface area contributed by atoms with Gasteiger partial charge in [-0.2, -0.15) is 0 Å². The van der Waals surface area contributed by atoms with Crippen molar-refractivity contribution in [3.63, 3.8) is 0 Å². The smallest absolute Gasteiger partial charge is 0.328 e. The van der Waals surface area contributed by atoms with E-state index in [2.05, 4.69) is 26.6 Å². The first-order chi connectivity index (χ1) is 9.26. The van der Waals surface area contributed by atoms with Crippen molar-refractivity contribution in [2.24, 2.45) is 0 Å². The van der Waals surface area contributed by atoms with E-state index in [0.29, 0.717) is 5.75 Å². The summed E-state index contributed by atoms with van der Waals surface area (Å²) in [5.41, 5.74) is -0.497. The third-order valence-electron chi connectivity index (χ3n) is 2.65. The van der Waals surface area contributed by atoms with Crippen LogP contribution < -0.4 is 15.4 Å². The number of hydrogen-bond acceptors (Lipinski definition) is 3. The number of carbonyl (C=O) groups excluding carboxylic acids is 1. The van der Waals surface area contributed by atoms with Gasteiger partial charge in [-0.05, 0) is 37.6 Å². The highest BCUT2D eigenvalue weighted by Crippen LogP contribution is 2.22. The summed E-state index contributed by atoms with van der Waals surface area (Å²) in [6.45, 7) is 3.08. The molecule has 0 aromatic heterocycles. The van der Waals surface area contributed by atoms with Crippen molar-refractivity contribution in [1.82, 2.24) is 10.6 Å². The average Bonchev–Trinajstić information content (AvgIpc) is 2.37. The SMILES string of the molecule is COc1ccc(Br)c(CNC(=O)NC(C)(C)C(=O)O)c1. The minimum atomic E-state index is -1.32. The molecule has 1 aromatic carbocycles. The number of amides is 2. The highest BCUT2D eigenvalue weighted by molar-refractivity contribution is 9.10. The molecular weight excluding hydrogens is 328 g/mol. The Morgan fingerprint density at radius 3 is 2.60 bits per heavy atom. The molecular formula is C13H17BrN2O4. The molecule has 0 aliphatic carbocycles. The molecule has 1 rings (SSSR count). The van der Waals surface area contributed by atoms with Crippen LogP contribution in [-0.4, -0.2) is 29.8 Å². The quantitative estimate of drug-likeness (QED) is 0.763. The van der Waals surface area contributed by atoms with Crippen LogP contribution in [0.1, 0.15) is 19.4 Å². The molecule has 0 saturated heterocycles. The topological polar surface area (TPSA) is 87.7 Å². The number of hydrogen-bond donors (Lipinski definition) is 3. The Labute approximate surface area is 125 Å². The van der Waals surface area contributed by atoms with E-state index >= 15 is 0 Å². The van der Waals surface area contributed by atoms with E-state index in [1.54, 1.807) is 19.2 Å². The molecule has 0 atom stereocenters. The Hall–Kier alpha value is -1.76. The molecule has 0 spiro atoms. The number of nitrogens with one attached hydrogen (secondary N) is 2. The summed E-state index contributed by atoms with van der Waals surface area (Å²) >= 11 is 3.37. The van der Waals surface area contributed by atoms with Gasteiger partial charge in [0.2, 0.25) is 0 Å². The van der Waals surface area contributed by atoms with E-state index in [-0.39, 0.29) is 6.54 Å². The Morgan fingerprint density at radius 2 is 2.05 bits per heavy atom. The lowest BCUT2D eigenvalue weighted by Crippen LogP contribution is -2.53. The summed E-state index contributed by atoms with van der Waals surface area (Å²) < 4.78 is 5.93. The van der Waals surface area contributed by atoms with Gasteiger partial charge in [-0.15, -0.1) is 0 Å². The monoisotopic (exact) mass is 344 g/mol. The molecule has 20 heavy (non-hydrogen) atoms. The van der Waals surface area contributed by atoms with Gasteiger partial charge in [0.15, 0.2) is 0 Å². The number of aliphatic carboxylic acids is 1. The van der Waals surface area contributed by atoms with Gasteiger partial charge in [0, 0.05) is 11.0 Å². The lowest BCUT2D eigenvalue weighted by Gasteiger charge is -2.21. The first-order valence-electron chi connectivity index (χ1n) is 5.88. The van der Waals surface area contributed by atoms with Gasteiger partial charge in [0.1, 0.15) is 11.3 Å². The van der Waals surface area contributed by atoms with Crippen LogP contribution in [0, 0.1) is 0 Å². The molecule has 0 radical (unpaired) electrons. The number of rotatable bonds is 5. The van der Waals surface area contributed by atoms with Gasteiger partial charge in [0.25, 0.3) is 0 Å². The van der Waals surface area contributed by atoms with E-state index in [0.717, 1.165) is 10.0 Å². The summed E-state index contributed by atoms with van der Waals surface area (Å²) in [6, 6.07) is 4.84. The fourth-order valence-electron chi connectivity index (χ4n) is 1.37. The number of ether oxygens (including phenoxy) is 1. The molecule has 0 aliphatic rings. The maximum atomic E-state index is 11.7. The van der Waals surface area contributed by atoms with Crippen molar-refractivity contribution >= 4 is 27.9 Å². The van der Waals surface area contributed by atoms with Crippen LogP contribution in [0.5, 0.6) is 5.75 Å². The van der Waals surface area contributed by atoms with E-state index < -0.39 is 17.5 Å². The van der Waals surface area contributed by atoms with Crippen molar-refractivity contribution < 1.29 is 19.4 Å². The zero-order valence-corrected chi connectivity index (χ0v) is 13.1. The minimum absolute atomic E-state index is 0.249.